The molecule has 2 aromatic heterocycles. The topological polar surface area (TPSA) is 69.6 Å². The van der Waals surface area contributed by atoms with Crippen molar-refractivity contribution in [2.45, 2.75) is 25.4 Å². The molecule has 2 rings (SSSR count). The Bertz CT molecular complexity index is 411. The lowest BCUT2D eigenvalue weighted by atomic mass is 9.99. The molecule has 0 radical (unpaired) electrons. The van der Waals surface area contributed by atoms with Gasteiger partial charge < -0.3 is 5.73 Å². The summed E-state index contributed by atoms with van der Waals surface area (Å²) in [6.45, 7) is 2.07. The third kappa shape index (κ3) is 2.09. The molecule has 2 atom stereocenters. The number of pyridine rings is 1. The molecule has 0 aliphatic rings. The van der Waals surface area contributed by atoms with Gasteiger partial charge in [-0.25, -0.2) is 9.67 Å². The van der Waals surface area contributed by atoms with Crippen molar-refractivity contribution in [2.75, 3.05) is 0 Å². The van der Waals surface area contributed by atoms with E-state index in [4.69, 9.17) is 5.73 Å². The molecule has 2 unspecified atom stereocenters. The molecule has 5 nitrogen and oxygen atoms in total. The van der Waals surface area contributed by atoms with E-state index in [1.165, 1.54) is 6.33 Å². The zero-order chi connectivity index (χ0) is 11.4. The van der Waals surface area contributed by atoms with Crippen LogP contribution in [0.1, 0.15) is 24.9 Å². The van der Waals surface area contributed by atoms with Gasteiger partial charge in [0.05, 0.1) is 6.04 Å². The Morgan fingerprint density at radius 2 is 2.06 bits per heavy atom. The van der Waals surface area contributed by atoms with Crippen molar-refractivity contribution < 1.29 is 0 Å². The zero-order valence-corrected chi connectivity index (χ0v) is 9.19. The van der Waals surface area contributed by atoms with Crippen molar-refractivity contribution in [3.05, 3.63) is 42.7 Å². The minimum absolute atomic E-state index is 0.0177. The fraction of sp³-hybridized carbons (Fsp3) is 0.364. The molecule has 0 spiro atoms. The number of aromatic nitrogens is 4. The summed E-state index contributed by atoms with van der Waals surface area (Å²) in [6, 6.07) is 3.96. The maximum atomic E-state index is 6.13. The summed E-state index contributed by atoms with van der Waals surface area (Å²) >= 11 is 0. The zero-order valence-electron chi connectivity index (χ0n) is 9.19. The largest absolute Gasteiger partial charge is 0.326 e. The maximum absolute atomic E-state index is 6.13. The summed E-state index contributed by atoms with van der Waals surface area (Å²) in [4.78, 5) is 7.97. The molecule has 84 valence electrons. The molecule has 0 saturated heterocycles. The summed E-state index contributed by atoms with van der Waals surface area (Å²) in [5, 5.41) is 4.17. The molecule has 0 fully saturated rings. The van der Waals surface area contributed by atoms with E-state index in [9.17, 15) is 0 Å². The van der Waals surface area contributed by atoms with Crippen LogP contribution in [0.15, 0.2) is 37.2 Å². The van der Waals surface area contributed by atoms with Gasteiger partial charge in [0.15, 0.2) is 0 Å². The number of nitrogens with zero attached hydrogens (tertiary/aromatic N) is 4. The molecule has 2 aromatic rings. The SMILES string of the molecule is CCC(N)C(c1ccncc1)n1cncn1. The van der Waals surface area contributed by atoms with Crippen LogP contribution in [0.5, 0.6) is 0 Å². The normalized spacial score (nSPS) is 14.6. The van der Waals surface area contributed by atoms with Crippen LogP contribution in [0.3, 0.4) is 0 Å². The minimum Gasteiger partial charge on any atom is -0.326 e. The van der Waals surface area contributed by atoms with Gasteiger partial charge in [0, 0.05) is 18.4 Å². The lowest BCUT2D eigenvalue weighted by Crippen LogP contribution is -2.32. The van der Waals surface area contributed by atoms with Gasteiger partial charge in [0.2, 0.25) is 0 Å². The van der Waals surface area contributed by atoms with Crippen LogP contribution in [0.4, 0.5) is 0 Å². The second-order valence-corrected chi connectivity index (χ2v) is 3.67. The van der Waals surface area contributed by atoms with Crippen LogP contribution in [0.2, 0.25) is 0 Å². The Morgan fingerprint density at radius 3 is 2.62 bits per heavy atom. The number of rotatable bonds is 4. The molecule has 5 heteroatoms. The Balaban J connectivity index is 2.36. The average molecular weight is 217 g/mol. The highest BCUT2D eigenvalue weighted by atomic mass is 15.3. The van der Waals surface area contributed by atoms with E-state index in [-0.39, 0.29) is 12.1 Å². The molecule has 0 aromatic carbocycles. The summed E-state index contributed by atoms with van der Waals surface area (Å²) in [5.41, 5.74) is 7.24. The Hall–Kier alpha value is -1.75. The fourth-order valence-corrected chi connectivity index (χ4v) is 1.74. The molecular formula is C11H15N5. The second kappa shape index (κ2) is 4.85. The molecule has 0 bridgehead atoms. The van der Waals surface area contributed by atoms with Gasteiger partial charge in [-0.1, -0.05) is 6.92 Å². The lowest BCUT2D eigenvalue weighted by Gasteiger charge is -2.23. The summed E-state index contributed by atoms with van der Waals surface area (Å²) in [5.74, 6) is 0. The first-order chi connectivity index (χ1) is 7.83. The highest BCUT2D eigenvalue weighted by Crippen LogP contribution is 2.20. The van der Waals surface area contributed by atoms with E-state index < -0.39 is 0 Å². The van der Waals surface area contributed by atoms with Gasteiger partial charge in [-0.05, 0) is 24.1 Å². The van der Waals surface area contributed by atoms with Crippen LogP contribution in [-0.4, -0.2) is 25.8 Å². The first-order valence-electron chi connectivity index (χ1n) is 5.32. The summed E-state index contributed by atoms with van der Waals surface area (Å²) < 4.78 is 1.80. The van der Waals surface area contributed by atoms with Crippen molar-refractivity contribution in [2.24, 2.45) is 5.73 Å². The Labute approximate surface area is 94.3 Å². The van der Waals surface area contributed by atoms with E-state index in [2.05, 4.69) is 22.0 Å². The van der Waals surface area contributed by atoms with Gasteiger partial charge in [-0.3, -0.25) is 4.98 Å². The standard InChI is InChI=1S/C11H15N5/c1-2-10(12)11(16-8-14-7-15-16)9-3-5-13-6-4-9/h3-8,10-11H,2,12H2,1H3. The van der Waals surface area contributed by atoms with Crippen LogP contribution in [0.25, 0.3) is 0 Å². The van der Waals surface area contributed by atoms with Gasteiger partial charge in [-0.2, -0.15) is 5.10 Å². The van der Waals surface area contributed by atoms with Gasteiger partial charge in [0.1, 0.15) is 12.7 Å². The number of nitrogens with two attached hydrogens (primary N) is 1. The third-order valence-corrected chi connectivity index (χ3v) is 2.65. The van der Waals surface area contributed by atoms with Gasteiger partial charge in [-0.15, -0.1) is 0 Å². The van der Waals surface area contributed by atoms with E-state index >= 15 is 0 Å². The smallest absolute Gasteiger partial charge is 0.137 e. The molecule has 16 heavy (non-hydrogen) atoms. The van der Waals surface area contributed by atoms with Crippen molar-refractivity contribution in [3.8, 4) is 0 Å². The number of hydrogen-bond donors (Lipinski definition) is 1. The Morgan fingerprint density at radius 1 is 1.31 bits per heavy atom. The molecule has 0 amide bonds. The van der Waals surface area contributed by atoms with Crippen molar-refractivity contribution >= 4 is 0 Å². The highest BCUT2D eigenvalue weighted by molar-refractivity contribution is 5.17. The minimum atomic E-state index is 0.0177. The van der Waals surface area contributed by atoms with E-state index in [0.717, 1.165) is 12.0 Å². The van der Waals surface area contributed by atoms with Crippen molar-refractivity contribution in [1.29, 1.82) is 0 Å². The van der Waals surface area contributed by atoms with E-state index in [0.29, 0.717) is 0 Å². The van der Waals surface area contributed by atoms with Crippen LogP contribution in [0, 0.1) is 0 Å². The second-order valence-electron chi connectivity index (χ2n) is 3.67. The monoisotopic (exact) mass is 217 g/mol. The lowest BCUT2D eigenvalue weighted by molar-refractivity contribution is 0.423. The fourth-order valence-electron chi connectivity index (χ4n) is 1.74. The molecular weight excluding hydrogens is 202 g/mol. The van der Waals surface area contributed by atoms with Gasteiger partial charge >= 0.3 is 0 Å². The predicted octanol–water partition coefficient (Wildman–Crippen LogP) is 1.000. The summed E-state index contributed by atoms with van der Waals surface area (Å²) in [7, 11) is 0. The quantitative estimate of drug-likeness (QED) is 0.829. The van der Waals surface area contributed by atoms with Crippen LogP contribution in [-0.2, 0) is 0 Å². The predicted molar refractivity (Wildman–Crippen MR) is 60.7 cm³/mol. The van der Waals surface area contributed by atoms with Crippen molar-refractivity contribution in [1.82, 2.24) is 19.7 Å². The van der Waals surface area contributed by atoms with E-state index in [1.54, 1.807) is 23.4 Å². The van der Waals surface area contributed by atoms with Gasteiger partial charge in [0.25, 0.3) is 0 Å². The molecule has 0 aliphatic carbocycles. The number of hydrogen-bond acceptors (Lipinski definition) is 4. The van der Waals surface area contributed by atoms with Crippen molar-refractivity contribution in [3.63, 3.8) is 0 Å². The Kier molecular flexibility index (Phi) is 3.26. The molecule has 0 saturated carbocycles. The van der Waals surface area contributed by atoms with Crippen LogP contribution < -0.4 is 5.73 Å². The van der Waals surface area contributed by atoms with E-state index in [1.807, 2.05) is 12.1 Å². The first kappa shape index (κ1) is 10.8. The third-order valence-electron chi connectivity index (χ3n) is 2.65. The molecule has 2 N–H and O–H groups in total. The first-order valence-corrected chi connectivity index (χ1v) is 5.32. The molecule has 0 aliphatic heterocycles. The summed E-state index contributed by atoms with van der Waals surface area (Å²) in [6.07, 6.45) is 7.63. The average Bonchev–Trinajstić information content (AvgIpc) is 2.84. The maximum Gasteiger partial charge on any atom is 0.137 e. The van der Waals surface area contributed by atoms with Crippen LogP contribution >= 0.6 is 0 Å². The molecule has 2 heterocycles. The highest BCUT2D eigenvalue weighted by Gasteiger charge is 2.20.